The van der Waals surface area contributed by atoms with Crippen molar-refractivity contribution in [1.29, 1.82) is 0 Å². The number of piperidine rings is 1. The van der Waals surface area contributed by atoms with Gasteiger partial charge in [0.05, 0.1) is 23.0 Å². The van der Waals surface area contributed by atoms with Crippen LogP contribution >= 0.6 is 11.9 Å². The van der Waals surface area contributed by atoms with E-state index < -0.39 is 17.6 Å². The van der Waals surface area contributed by atoms with Crippen LogP contribution in [0.3, 0.4) is 0 Å². The highest BCUT2D eigenvalue weighted by atomic mass is 32.2. The number of rotatable bonds is 5. The van der Waals surface area contributed by atoms with Crippen LogP contribution in [-0.2, 0) is 6.18 Å². The van der Waals surface area contributed by atoms with Crippen molar-refractivity contribution in [3.05, 3.63) is 53.9 Å². The SMILES string of the molecule is O=C(NO)c1c(SN2CCC(Oc3ccc(C(F)(F)F)cc3)CC2)ccc2[nH]cnc12. The number of imidazole rings is 1. The Balaban J connectivity index is 1.38. The third-order valence-corrected chi connectivity index (χ3v) is 6.16. The predicted molar refractivity (Wildman–Crippen MR) is 108 cm³/mol. The van der Waals surface area contributed by atoms with E-state index in [4.69, 9.17) is 9.94 Å². The number of ether oxygens (including phenoxy) is 1. The van der Waals surface area contributed by atoms with Crippen molar-refractivity contribution in [2.75, 3.05) is 13.1 Å². The lowest BCUT2D eigenvalue weighted by atomic mass is 10.1. The molecule has 11 heteroatoms. The molecule has 1 fully saturated rings. The maximum Gasteiger partial charge on any atom is 0.416 e. The molecular formula is C20H19F3N4O3S. The number of H-pyrrole nitrogens is 1. The molecule has 1 saturated heterocycles. The number of halogens is 3. The minimum atomic E-state index is -4.37. The summed E-state index contributed by atoms with van der Waals surface area (Å²) < 4.78 is 45.9. The second-order valence-electron chi connectivity index (χ2n) is 7.04. The molecule has 4 rings (SSSR count). The number of aromatic nitrogens is 2. The Kier molecular flexibility index (Phi) is 6.08. The summed E-state index contributed by atoms with van der Waals surface area (Å²) in [6.45, 7) is 1.32. The number of benzene rings is 2. The first kappa shape index (κ1) is 21.5. The Morgan fingerprint density at radius 2 is 1.90 bits per heavy atom. The number of fused-ring (bicyclic) bond motifs is 1. The van der Waals surface area contributed by atoms with Gasteiger partial charge in [0.15, 0.2) is 0 Å². The van der Waals surface area contributed by atoms with Crippen LogP contribution in [0.1, 0.15) is 28.8 Å². The lowest BCUT2D eigenvalue weighted by Gasteiger charge is -2.31. The number of nitrogens with one attached hydrogen (secondary N) is 2. The van der Waals surface area contributed by atoms with Crippen molar-refractivity contribution in [1.82, 2.24) is 19.8 Å². The minimum Gasteiger partial charge on any atom is -0.490 e. The zero-order valence-corrected chi connectivity index (χ0v) is 17.0. The Morgan fingerprint density at radius 1 is 1.19 bits per heavy atom. The molecule has 0 bridgehead atoms. The summed E-state index contributed by atoms with van der Waals surface area (Å²) in [5, 5.41) is 9.11. The molecule has 164 valence electrons. The summed E-state index contributed by atoms with van der Waals surface area (Å²) >= 11 is 1.39. The van der Waals surface area contributed by atoms with Gasteiger partial charge in [-0.15, -0.1) is 0 Å². The number of carbonyl (C=O) groups excluding carboxylic acids is 1. The van der Waals surface area contributed by atoms with E-state index in [2.05, 4.69) is 14.3 Å². The third kappa shape index (κ3) is 4.78. The van der Waals surface area contributed by atoms with Crippen molar-refractivity contribution in [2.45, 2.75) is 30.0 Å². The van der Waals surface area contributed by atoms with Gasteiger partial charge in [0.25, 0.3) is 5.91 Å². The largest absolute Gasteiger partial charge is 0.490 e. The molecular weight excluding hydrogens is 433 g/mol. The van der Waals surface area contributed by atoms with E-state index >= 15 is 0 Å². The van der Waals surface area contributed by atoms with Gasteiger partial charge in [-0.1, -0.05) is 0 Å². The van der Waals surface area contributed by atoms with Gasteiger partial charge in [-0.05, 0) is 61.2 Å². The molecule has 0 atom stereocenters. The van der Waals surface area contributed by atoms with Crippen LogP contribution in [-0.4, -0.2) is 44.6 Å². The standard InChI is InChI=1S/C20H19F3N4O3S/c21-20(22,23)12-1-3-13(4-2-12)30-14-7-9-27(10-8-14)31-16-6-5-15-18(25-11-24-15)17(16)19(28)26-29/h1-6,11,14,29H,7-10H2,(H,24,25)(H,26,28). The van der Waals surface area contributed by atoms with Crippen molar-refractivity contribution in [2.24, 2.45) is 0 Å². The number of hydrogen-bond acceptors (Lipinski definition) is 6. The predicted octanol–water partition coefficient (Wildman–Crippen LogP) is 4.25. The molecule has 31 heavy (non-hydrogen) atoms. The smallest absolute Gasteiger partial charge is 0.416 e. The molecule has 1 aromatic heterocycles. The van der Waals surface area contributed by atoms with E-state index in [-0.39, 0.29) is 11.7 Å². The molecule has 0 unspecified atom stereocenters. The molecule has 1 aliphatic rings. The van der Waals surface area contributed by atoms with Gasteiger partial charge < -0.3 is 9.72 Å². The normalized spacial score (nSPS) is 15.9. The Morgan fingerprint density at radius 3 is 2.55 bits per heavy atom. The summed E-state index contributed by atoms with van der Waals surface area (Å²) in [7, 11) is 0. The second kappa shape index (κ2) is 8.77. The maximum atomic E-state index is 12.7. The van der Waals surface area contributed by atoms with E-state index in [0.29, 0.717) is 47.6 Å². The number of carbonyl (C=O) groups is 1. The van der Waals surface area contributed by atoms with Gasteiger partial charge in [-0.3, -0.25) is 10.0 Å². The van der Waals surface area contributed by atoms with E-state index in [0.717, 1.165) is 12.1 Å². The highest BCUT2D eigenvalue weighted by Gasteiger charge is 2.30. The third-order valence-electron chi connectivity index (χ3n) is 4.99. The summed E-state index contributed by atoms with van der Waals surface area (Å²) in [4.78, 5) is 20.0. The molecule has 2 aromatic carbocycles. The lowest BCUT2D eigenvalue weighted by molar-refractivity contribution is -0.137. The van der Waals surface area contributed by atoms with E-state index in [1.807, 2.05) is 6.07 Å². The number of amides is 1. The van der Waals surface area contributed by atoms with Crippen molar-refractivity contribution < 1.29 is 27.9 Å². The first-order valence-corrected chi connectivity index (χ1v) is 10.3. The molecule has 2 heterocycles. The van der Waals surface area contributed by atoms with E-state index in [1.165, 1.54) is 30.4 Å². The zero-order chi connectivity index (χ0) is 22.0. The first-order chi connectivity index (χ1) is 14.8. The Hall–Kier alpha value is -2.76. The summed E-state index contributed by atoms with van der Waals surface area (Å²) in [5.41, 5.74) is 2.41. The summed E-state index contributed by atoms with van der Waals surface area (Å²) in [6.07, 6.45) is -1.63. The van der Waals surface area contributed by atoms with Crippen molar-refractivity contribution >= 4 is 28.9 Å². The number of alkyl halides is 3. The van der Waals surface area contributed by atoms with Crippen LogP contribution in [0.15, 0.2) is 47.6 Å². The van der Waals surface area contributed by atoms with Gasteiger partial charge in [-0.25, -0.2) is 14.8 Å². The number of nitrogens with zero attached hydrogens (tertiary/aromatic N) is 2. The molecule has 0 radical (unpaired) electrons. The second-order valence-corrected chi connectivity index (χ2v) is 8.18. The van der Waals surface area contributed by atoms with Gasteiger partial charge >= 0.3 is 6.18 Å². The molecule has 3 aromatic rings. The maximum absolute atomic E-state index is 12.7. The van der Waals surface area contributed by atoms with Crippen molar-refractivity contribution in [3.63, 3.8) is 0 Å². The topological polar surface area (TPSA) is 90.5 Å². The van der Waals surface area contributed by atoms with Crippen LogP contribution in [0.5, 0.6) is 5.75 Å². The fraction of sp³-hybridized carbons (Fsp3) is 0.300. The van der Waals surface area contributed by atoms with Crippen LogP contribution < -0.4 is 10.2 Å². The average molecular weight is 452 g/mol. The average Bonchev–Trinajstić information content (AvgIpc) is 3.23. The van der Waals surface area contributed by atoms with Gasteiger partial charge in [-0.2, -0.15) is 13.2 Å². The summed E-state index contributed by atoms with van der Waals surface area (Å²) in [6, 6.07) is 8.31. The number of hydroxylamine groups is 1. The quantitative estimate of drug-likeness (QED) is 0.305. The Bertz CT molecular complexity index is 1060. The van der Waals surface area contributed by atoms with Crippen LogP contribution in [0.4, 0.5) is 13.2 Å². The van der Waals surface area contributed by atoms with E-state index in [1.54, 1.807) is 11.5 Å². The highest BCUT2D eigenvalue weighted by Crippen LogP contribution is 2.34. The van der Waals surface area contributed by atoms with Gasteiger partial charge in [0.2, 0.25) is 0 Å². The molecule has 0 aliphatic carbocycles. The molecule has 1 aliphatic heterocycles. The highest BCUT2D eigenvalue weighted by molar-refractivity contribution is 7.97. The molecule has 7 nitrogen and oxygen atoms in total. The fourth-order valence-corrected chi connectivity index (χ4v) is 4.52. The minimum absolute atomic E-state index is 0.109. The lowest BCUT2D eigenvalue weighted by Crippen LogP contribution is -2.34. The van der Waals surface area contributed by atoms with E-state index in [9.17, 15) is 18.0 Å². The van der Waals surface area contributed by atoms with Gasteiger partial charge in [0.1, 0.15) is 17.4 Å². The number of hydrogen-bond donors (Lipinski definition) is 3. The Labute approximate surface area is 179 Å². The monoisotopic (exact) mass is 452 g/mol. The van der Waals surface area contributed by atoms with Crippen LogP contribution in [0.25, 0.3) is 11.0 Å². The molecule has 1 amide bonds. The first-order valence-electron chi connectivity index (χ1n) is 9.52. The fourth-order valence-electron chi connectivity index (χ4n) is 3.44. The zero-order valence-electron chi connectivity index (χ0n) is 16.1. The van der Waals surface area contributed by atoms with Crippen LogP contribution in [0, 0.1) is 0 Å². The summed E-state index contributed by atoms with van der Waals surface area (Å²) in [5.74, 6) is -0.231. The number of aromatic amines is 1. The molecule has 0 saturated carbocycles. The van der Waals surface area contributed by atoms with Gasteiger partial charge in [0, 0.05) is 18.0 Å². The van der Waals surface area contributed by atoms with Crippen molar-refractivity contribution in [3.8, 4) is 5.75 Å². The molecule has 0 spiro atoms. The molecule has 3 N–H and O–H groups in total. The van der Waals surface area contributed by atoms with Crippen LogP contribution in [0.2, 0.25) is 0 Å².